The fourth-order valence-electron chi connectivity index (χ4n) is 4.70. The van der Waals surface area contributed by atoms with Crippen LogP contribution in [0.1, 0.15) is 32.8 Å². The van der Waals surface area contributed by atoms with Crippen LogP contribution in [0.4, 0.5) is 0 Å². The Morgan fingerprint density at radius 3 is 1.74 bits per heavy atom. The van der Waals surface area contributed by atoms with Crippen molar-refractivity contribution in [2.75, 3.05) is 0 Å². The van der Waals surface area contributed by atoms with E-state index in [1.807, 2.05) is 0 Å². The fourth-order valence-corrected chi connectivity index (χ4v) is 4.70. The van der Waals surface area contributed by atoms with Gasteiger partial charge in [-0.1, -0.05) is 93.9 Å². The van der Waals surface area contributed by atoms with Gasteiger partial charge in [-0.25, -0.2) is 0 Å². The molecule has 27 heavy (non-hydrogen) atoms. The second-order valence-electron chi connectivity index (χ2n) is 7.56. The summed E-state index contributed by atoms with van der Waals surface area (Å²) in [5.74, 6) is 0. The third-order valence-electron chi connectivity index (χ3n) is 5.72. The summed E-state index contributed by atoms with van der Waals surface area (Å²) >= 11 is 0. The summed E-state index contributed by atoms with van der Waals surface area (Å²) in [6.07, 6.45) is 2.32. The van der Waals surface area contributed by atoms with Gasteiger partial charge in [0.25, 0.3) is 0 Å². The molecule has 132 valence electrons. The van der Waals surface area contributed by atoms with Gasteiger partial charge in [0.15, 0.2) is 0 Å². The molecular formula is C27H24. The van der Waals surface area contributed by atoms with Crippen LogP contribution in [0.2, 0.25) is 0 Å². The molecule has 0 amide bonds. The molecule has 6 aromatic carbocycles. The van der Waals surface area contributed by atoms with Crippen molar-refractivity contribution in [3.63, 3.8) is 0 Å². The van der Waals surface area contributed by atoms with Crippen molar-refractivity contribution in [2.45, 2.75) is 33.6 Å². The molecule has 0 saturated heterocycles. The van der Waals surface area contributed by atoms with Crippen LogP contribution >= 0.6 is 0 Å². The molecule has 0 atom stereocenters. The van der Waals surface area contributed by atoms with Crippen LogP contribution in [0.3, 0.4) is 0 Å². The summed E-state index contributed by atoms with van der Waals surface area (Å²) < 4.78 is 0. The zero-order valence-corrected chi connectivity index (χ0v) is 16.3. The minimum atomic E-state index is 1.07. The molecule has 0 unspecified atom stereocenters. The Morgan fingerprint density at radius 1 is 0.519 bits per heavy atom. The van der Waals surface area contributed by atoms with Crippen molar-refractivity contribution < 1.29 is 0 Å². The lowest BCUT2D eigenvalue weighted by atomic mass is 9.84. The van der Waals surface area contributed by atoms with E-state index in [1.54, 1.807) is 0 Å². The molecule has 0 saturated carbocycles. The molecule has 0 nitrogen and oxygen atoms in total. The molecule has 0 aliphatic carbocycles. The van der Waals surface area contributed by atoms with Crippen molar-refractivity contribution in [3.05, 3.63) is 72.3 Å². The van der Waals surface area contributed by atoms with E-state index in [1.165, 1.54) is 65.8 Å². The largest absolute Gasteiger partial charge is 0.0656 e. The Balaban J connectivity index is 0.000000504. The first-order valence-corrected chi connectivity index (χ1v) is 10.1. The standard InChI is InChI=1S/C24H16.C3H8/c1-2-14-13-17-12-11-16-10-9-15-5-3-7-19-20-8-4-6-18(14)24(20)23(17)22(16)21(15)19;1-3-2/h3-13H,2H2,1H3;3H2,1-2H3. The van der Waals surface area contributed by atoms with Crippen LogP contribution in [0.5, 0.6) is 0 Å². The van der Waals surface area contributed by atoms with Crippen LogP contribution in [0.15, 0.2) is 66.7 Å². The predicted octanol–water partition coefficient (Wildman–Crippen LogP) is 8.31. The number of rotatable bonds is 1. The van der Waals surface area contributed by atoms with Gasteiger partial charge in [-0.15, -0.1) is 0 Å². The topological polar surface area (TPSA) is 0 Å². The average Bonchev–Trinajstić information content (AvgIpc) is 2.72. The van der Waals surface area contributed by atoms with Crippen molar-refractivity contribution in [3.8, 4) is 0 Å². The minimum absolute atomic E-state index is 1.07. The van der Waals surface area contributed by atoms with E-state index in [0.29, 0.717) is 0 Å². The summed E-state index contributed by atoms with van der Waals surface area (Å²) in [4.78, 5) is 0. The minimum Gasteiger partial charge on any atom is -0.0656 e. The van der Waals surface area contributed by atoms with Gasteiger partial charge < -0.3 is 0 Å². The molecule has 0 heterocycles. The Kier molecular flexibility index (Phi) is 3.68. The average molecular weight is 348 g/mol. The second kappa shape index (κ2) is 6.09. The molecule has 0 radical (unpaired) electrons. The van der Waals surface area contributed by atoms with Gasteiger partial charge in [0.05, 0.1) is 0 Å². The van der Waals surface area contributed by atoms with Crippen LogP contribution in [-0.4, -0.2) is 0 Å². The summed E-state index contributed by atoms with van der Waals surface area (Å²) in [5.41, 5.74) is 1.45. The van der Waals surface area contributed by atoms with E-state index in [2.05, 4.69) is 87.5 Å². The molecule has 0 aromatic heterocycles. The third-order valence-corrected chi connectivity index (χ3v) is 5.72. The Bertz CT molecular complexity index is 1390. The summed E-state index contributed by atoms with van der Waals surface area (Å²) in [5, 5.41) is 14.0. The maximum Gasteiger partial charge on any atom is -0.00139 e. The highest BCUT2D eigenvalue weighted by molar-refractivity contribution is 6.39. The number of hydrogen-bond donors (Lipinski definition) is 0. The highest BCUT2D eigenvalue weighted by Crippen LogP contribution is 2.45. The zero-order chi connectivity index (χ0) is 18.5. The molecule has 0 fully saturated rings. The smallest absolute Gasteiger partial charge is 0.00139 e. The summed E-state index contributed by atoms with van der Waals surface area (Å²) in [6, 6.07) is 25.0. The van der Waals surface area contributed by atoms with Gasteiger partial charge in [0.1, 0.15) is 0 Å². The molecule has 0 aliphatic rings. The quantitative estimate of drug-likeness (QED) is 0.207. The molecule has 0 N–H and O–H groups in total. The Morgan fingerprint density at radius 2 is 1.04 bits per heavy atom. The number of hydrogen-bond acceptors (Lipinski definition) is 0. The monoisotopic (exact) mass is 348 g/mol. The van der Waals surface area contributed by atoms with Crippen LogP contribution in [0, 0.1) is 0 Å². The lowest BCUT2D eigenvalue weighted by Gasteiger charge is -2.19. The second-order valence-corrected chi connectivity index (χ2v) is 7.56. The third kappa shape index (κ3) is 2.16. The first-order valence-electron chi connectivity index (χ1n) is 10.1. The van der Waals surface area contributed by atoms with Gasteiger partial charge in [-0.3, -0.25) is 0 Å². The van der Waals surface area contributed by atoms with E-state index >= 15 is 0 Å². The summed E-state index contributed by atoms with van der Waals surface area (Å²) in [6.45, 7) is 6.51. The maximum absolute atomic E-state index is 2.40. The predicted molar refractivity (Wildman–Crippen MR) is 122 cm³/mol. The molecule has 0 spiro atoms. The molecule has 0 bridgehead atoms. The van der Waals surface area contributed by atoms with Crippen LogP contribution in [-0.2, 0) is 6.42 Å². The van der Waals surface area contributed by atoms with Crippen LogP contribution < -0.4 is 0 Å². The molecule has 6 aromatic rings. The highest BCUT2D eigenvalue weighted by atomic mass is 14.2. The Labute approximate surface area is 160 Å². The zero-order valence-electron chi connectivity index (χ0n) is 16.3. The van der Waals surface area contributed by atoms with Crippen LogP contribution in [0.25, 0.3) is 53.9 Å². The molecule has 0 aliphatic heterocycles. The molecular weight excluding hydrogens is 324 g/mol. The van der Waals surface area contributed by atoms with Gasteiger partial charge in [0, 0.05) is 0 Å². The van der Waals surface area contributed by atoms with Crippen molar-refractivity contribution >= 4 is 53.9 Å². The van der Waals surface area contributed by atoms with Gasteiger partial charge in [0.2, 0.25) is 0 Å². The fraction of sp³-hybridized carbons (Fsp3) is 0.185. The Hall–Kier alpha value is -2.86. The van der Waals surface area contributed by atoms with Crippen molar-refractivity contribution in [2.24, 2.45) is 0 Å². The molecule has 0 heteroatoms. The number of fused-ring (bicyclic) bond motifs is 1. The molecule has 6 rings (SSSR count). The normalized spacial score (nSPS) is 11.8. The maximum atomic E-state index is 2.40. The van der Waals surface area contributed by atoms with Gasteiger partial charge >= 0.3 is 0 Å². The van der Waals surface area contributed by atoms with Gasteiger partial charge in [-0.05, 0) is 65.8 Å². The lowest BCUT2D eigenvalue weighted by Crippen LogP contribution is -1.92. The van der Waals surface area contributed by atoms with E-state index in [9.17, 15) is 0 Å². The van der Waals surface area contributed by atoms with Crippen molar-refractivity contribution in [1.82, 2.24) is 0 Å². The number of benzene rings is 6. The van der Waals surface area contributed by atoms with E-state index in [0.717, 1.165) is 6.42 Å². The van der Waals surface area contributed by atoms with E-state index in [-0.39, 0.29) is 0 Å². The first kappa shape index (κ1) is 16.3. The van der Waals surface area contributed by atoms with Crippen molar-refractivity contribution in [1.29, 1.82) is 0 Å². The number of aryl methyl sites for hydroxylation is 1. The van der Waals surface area contributed by atoms with Gasteiger partial charge in [-0.2, -0.15) is 0 Å². The van der Waals surface area contributed by atoms with E-state index in [4.69, 9.17) is 0 Å². The first-order chi connectivity index (χ1) is 13.3. The SMILES string of the molecule is CCC.CCc1cc2ccc3ccc4cccc5c6cccc1c6c2c3c45. The summed E-state index contributed by atoms with van der Waals surface area (Å²) in [7, 11) is 0. The lowest BCUT2D eigenvalue weighted by molar-refractivity contribution is 1.09. The van der Waals surface area contributed by atoms with E-state index < -0.39 is 0 Å². The highest BCUT2D eigenvalue weighted by Gasteiger charge is 2.17.